The molecular weight excluding hydrogens is 444 g/mol. The SMILES string of the molecule is CC#CC(=O)N(C)c1ccc2ncnc(Nc3ccc(Oc4cc5nncn5cn4)c(C)c3)c2c1. The summed E-state index contributed by atoms with van der Waals surface area (Å²) >= 11 is 0. The van der Waals surface area contributed by atoms with E-state index in [0.717, 1.165) is 22.2 Å². The fourth-order valence-electron chi connectivity index (χ4n) is 3.52. The van der Waals surface area contributed by atoms with Crippen molar-refractivity contribution in [3.8, 4) is 23.5 Å². The molecule has 5 aromatic rings. The van der Waals surface area contributed by atoms with Gasteiger partial charge in [-0.2, -0.15) is 0 Å². The highest BCUT2D eigenvalue weighted by molar-refractivity contribution is 6.06. The third kappa shape index (κ3) is 4.43. The lowest BCUT2D eigenvalue weighted by Gasteiger charge is -2.16. The molecule has 0 fully saturated rings. The first kappa shape index (κ1) is 21.8. The van der Waals surface area contributed by atoms with Gasteiger partial charge in [-0.1, -0.05) is 5.92 Å². The van der Waals surface area contributed by atoms with Crippen molar-refractivity contribution in [1.82, 2.24) is 29.5 Å². The number of anilines is 3. The normalized spacial score (nSPS) is 10.6. The standard InChI is InChI=1S/C25H20N8O2/c1-4-5-24(34)32(3)18-7-8-20-19(11-18)25(27-13-26-20)30-17-6-9-21(16(2)10-17)35-23-12-22-31-29-15-33(22)14-28-23/h6-15H,1-3H3,(H,26,27,30). The molecule has 5 rings (SSSR count). The molecule has 1 N–H and O–H groups in total. The Morgan fingerprint density at radius 3 is 2.80 bits per heavy atom. The number of fused-ring (bicyclic) bond motifs is 2. The summed E-state index contributed by atoms with van der Waals surface area (Å²) in [6.45, 7) is 3.58. The van der Waals surface area contributed by atoms with Gasteiger partial charge in [0, 0.05) is 29.9 Å². The van der Waals surface area contributed by atoms with Crippen LogP contribution < -0.4 is 15.0 Å². The van der Waals surface area contributed by atoms with Crippen LogP contribution in [0.25, 0.3) is 16.6 Å². The first-order valence-electron chi connectivity index (χ1n) is 10.7. The maximum Gasteiger partial charge on any atom is 0.302 e. The number of nitrogens with zero attached hydrogens (tertiary/aromatic N) is 7. The Kier molecular flexibility index (Phi) is 5.65. The van der Waals surface area contributed by atoms with E-state index in [-0.39, 0.29) is 5.91 Å². The fraction of sp³-hybridized carbons (Fsp3) is 0.120. The van der Waals surface area contributed by atoms with Crippen molar-refractivity contribution in [3.05, 3.63) is 67.0 Å². The lowest BCUT2D eigenvalue weighted by atomic mass is 10.1. The van der Waals surface area contributed by atoms with Crippen molar-refractivity contribution in [2.45, 2.75) is 13.8 Å². The number of hydrogen-bond acceptors (Lipinski definition) is 8. The molecule has 0 radical (unpaired) electrons. The van der Waals surface area contributed by atoms with E-state index in [1.807, 2.05) is 43.3 Å². The third-order valence-electron chi connectivity index (χ3n) is 5.36. The number of amides is 1. The molecule has 3 heterocycles. The highest BCUT2D eigenvalue weighted by Crippen LogP contribution is 2.30. The molecule has 0 aliphatic carbocycles. The van der Waals surface area contributed by atoms with Crippen molar-refractivity contribution in [1.29, 1.82) is 0 Å². The maximum absolute atomic E-state index is 12.2. The molecule has 0 saturated heterocycles. The Balaban J connectivity index is 1.41. The maximum atomic E-state index is 12.2. The quantitative estimate of drug-likeness (QED) is 0.390. The Bertz CT molecular complexity index is 1630. The molecule has 0 unspecified atom stereocenters. The van der Waals surface area contributed by atoms with Gasteiger partial charge in [-0.25, -0.2) is 15.0 Å². The fourth-order valence-corrected chi connectivity index (χ4v) is 3.52. The second-order valence-electron chi connectivity index (χ2n) is 7.69. The van der Waals surface area contributed by atoms with Gasteiger partial charge in [-0.05, 0) is 61.7 Å². The van der Waals surface area contributed by atoms with E-state index in [4.69, 9.17) is 4.74 Å². The molecule has 172 valence electrons. The second kappa shape index (κ2) is 9.07. The molecule has 3 aromatic heterocycles. The number of aryl methyl sites for hydroxylation is 1. The number of ether oxygens (including phenoxy) is 1. The largest absolute Gasteiger partial charge is 0.439 e. The Morgan fingerprint density at radius 1 is 1.09 bits per heavy atom. The van der Waals surface area contributed by atoms with Gasteiger partial charge in [-0.15, -0.1) is 10.2 Å². The van der Waals surface area contributed by atoms with Crippen LogP contribution in [-0.2, 0) is 4.79 Å². The first-order chi connectivity index (χ1) is 17.0. The van der Waals surface area contributed by atoms with Gasteiger partial charge in [0.15, 0.2) is 5.65 Å². The zero-order chi connectivity index (χ0) is 24.4. The van der Waals surface area contributed by atoms with Crippen LogP contribution in [0, 0.1) is 18.8 Å². The van der Waals surface area contributed by atoms with Crippen LogP contribution in [0.5, 0.6) is 11.6 Å². The van der Waals surface area contributed by atoms with Crippen LogP contribution in [-0.4, -0.2) is 42.5 Å². The van der Waals surface area contributed by atoms with Crippen molar-refractivity contribution in [2.75, 3.05) is 17.3 Å². The summed E-state index contributed by atoms with van der Waals surface area (Å²) in [5.74, 6) is 6.60. The first-order valence-corrected chi connectivity index (χ1v) is 10.7. The van der Waals surface area contributed by atoms with Gasteiger partial charge in [0.1, 0.15) is 30.5 Å². The number of hydrogen-bond donors (Lipinski definition) is 1. The van der Waals surface area contributed by atoms with E-state index in [0.29, 0.717) is 28.8 Å². The lowest BCUT2D eigenvalue weighted by molar-refractivity contribution is -0.113. The Morgan fingerprint density at radius 2 is 1.97 bits per heavy atom. The van der Waals surface area contributed by atoms with Gasteiger partial charge >= 0.3 is 5.91 Å². The smallest absolute Gasteiger partial charge is 0.302 e. The summed E-state index contributed by atoms with van der Waals surface area (Å²) in [7, 11) is 1.68. The van der Waals surface area contributed by atoms with E-state index in [2.05, 4.69) is 42.3 Å². The number of rotatable bonds is 5. The number of aromatic nitrogens is 6. The minimum atomic E-state index is -0.290. The van der Waals surface area contributed by atoms with Crippen LogP contribution in [0.15, 0.2) is 61.4 Å². The monoisotopic (exact) mass is 464 g/mol. The number of nitrogens with one attached hydrogen (secondary N) is 1. The third-order valence-corrected chi connectivity index (χ3v) is 5.36. The van der Waals surface area contributed by atoms with Gasteiger partial charge in [0.05, 0.1) is 5.52 Å². The zero-order valence-corrected chi connectivity index (χ0v) is 19.2. The summed E-state index contributed by atoms with van der Waals surface area (Å²) in [6, 6.07) is 13.0. The predicted molar refractivity (Wildman–Crippen MR) is 132 cm³/mol. The lowest BCUT2D eigenvalue weighted by Crippen LogP contribution is -2.24. The van der Waals surface area contributed by atoms with Crippen LogP contribution in [0.1, 0.15) is 12.5 Å². The molecule has 0 aliphatic heterocycles. The van der Waals surface area contributed by atoms with Gasteiger partial charge in [-0.3, -0.25) is 9.20 Å². The van der Waals surface area contributed by atoms with Gasteiger partial charge in [0.2, 0.25) is 5.88 Å². The Hall–Kier alpha value is -5.04. The van der Waals surface area contributed by atoms with Gasteiger partial charge < -0.3 is 15.0 Å². The summed E-state index contributed by atoms with van der Waals surface area (Å²) in [5.41, 5.74) is 3.82. The van der Waals surface area contributed by atoms with Crippen LogP contribution in [0.4, 0.5) is 17.2 Å². The van der Waals surface area contributed by atoms with E-state index in [1.54, 1.807) is 37.1 Å². The number of carbonyl (C=O) groups excluding carboxylic acids is 1. The molecule has 0 spiro atoms. The van der Waals surface area contributed by atoms with Crippen LogP contribution in [0.3, 0.4) is 0 Å². The molecule has 10 nitrogen and oxygen atoms in total. The van der Waals surface area contributed by atoms with Crippen molar-refractivity contribution in [3.63, 3.8) is 0 Å². The zero-order valence-electron chi connectivity index (χ0n) is 19.2. The minimum Gasteiger partial charge on any atom is -0.439 e. The Labute approximate surface area is 200 Å². The summed E-state index contributed by atoms with van der Waals surface area (Å²) < 4.78 is 7.66. The highest BCUT2D eigenvalue weighted by Gasteiger charge is 2.12. The average Bonchev–Trinajstić information content (AvgIpc) is 3.33. The van der Waals surface area contributed by atoms with Crippen LogP contribution >= 0.6 is 0 Å². The molecule has 2 aromatic carbocycles. The minimum absolute atomic E-state index is 0.290. The summed E-state index contributed by atoms with van der Waals surface area (Å²) in [4.78, 5) is 26.7. The highest BCUT2D eigenvalue weighted by atomic mass is 16.5. The van der Waals surface area contributed by atoms with E-state index < -0.39 is 0 Å². The molecule has 10 heteroatoms. The predicted octanol–water partition coefficient (Wildman–Crippen LogP) is 3.90. The molecule has 1 amide bonds. The molecular formula is C25H20N8O2. The molecule has 0 atom stereocenters. The van der Waals surface area contributed by atoms with Crippen molar-refractivity contribution in [2.24, 2.45) is 0 Å². The van der Waals surface area contributed by atoms with E-state index >= 15 is 0 Å². The summed E-state index contributed by atoms with van der Waals surface area (Å²) in [5, 5.41) is 12.0. The number of carbonyl (C=O) groups is 1. The molecule has 0 saturated carbocycles. The second-order valence-corrected chi connectivity index (χ2v) is 7.69. The van der Waals surface area contributed by atoms with Crippen molar-refractivity contribution < 1.29 is 9.53 Å². The van der Waals surface area contributed by atoms with Gasteiger partial charge in [0.25, 0.3) is 0 Å². The summed E-state index contributed by atoms with van der Waals surface area (Å²) in [6.07, 6.45) is 4.68. The van der Waals surface area contributed by atoms with E-state index in [1.165, 1.54) is 11.2 Å². The van der Waals surface area contributed by atoms with Crippen molar-refractivity contribution >= 4 is 39.6 Å². The average molecular weight is 464 g/mol. The molecule has 35 heavy (non-hydrogen) atoms. The number of benzene rings is 2. The van der Waals surface area contributed by atoms with Crippen LogP contribution in [0.2, 0.25) is 0 Å². The topological polar surface area (TPSA) is 110 Å². The molecule has 0 bridgehead atoms. The van der Waals surface area contributed by atoms with E-state index in [9.17, 15) is 4.79 Å². The molecule has 0 aliphatic rings.